The SMILES string of the molecule is CCOc1ccc(OC(C)C(=O)N2CCC([C@@H]3C[C@H](C(F)F)n4ncnc4N3)CC2)cc1. The van der Waals surface area contributed by atoms with Gasteiger partial charge < -0.3 is 19.7 Å². The van der Waals surface area contributed by atoms with E-state index in [1.54, 1.807) is 24.0 Å². The van der Waals surface area contributed by atoms with E-state index in [0.29, 0.717) is 37.8 Å². The third-order valence-electron chi connectivity index (χ3n) is 6.20. The maximum absolute atomic E-state index is 13.5. The number of nitrogens with one attached hydrogen (secondary N) is 1. The van der Waals surface area contributed by atoms with Crippen LogP contribution in [-0.2, 0) is 4.79 Å². The van der Waals surface area contributed by atoms with Crippen LogP contribution in [0.15, 0.2) is 30.6 Å². The van der Waals surface area contributed by atoms with Gasteiger partial charge in [-0.25, -0.2) is 13.5 Å². The number of hydrogen-bond donors (Lipinski definition) is 1. The van der Waals surface area contributed by atoms with E-state index in [-0.39, 0.29) is 17.9 Å². The Morgan fingerprint density at radius 3 is 2.56 bits per heavy atom. The number of anilines is 1. The van der Waals surface area contributed by atoms with Crippen LogP contribution in [0.4, 0.5) is 14.7 Å². The lowest BCUT2D eigenvalue weighted by atomic mass is 9.85. The number of aromatic nitrogens is 3. The molecule has 0 spiro atoms. The first kappa shape index (κ1) is 22.3. The number of amides is 1. The minimum absolute atomic E-state index is 0.0702. The van der Waals surface area contributed by atoms with Crippen molar-refractivity contribution >= 4 is 11.9 Å². The number of piperidine rings is 1. The first-order chi connectivity index (χ1) is 15.5. The van der Waals surface area contributed by atoms with E-state index in [2.05, 4.69) is 15.4 Å². The molecule has 2 aromatic rings. The number of benzene rings is 1. The van der Waals surface area contributed by atoms with Crippen LogP contribution in [0.25, 0.3) is 0 Å². The van der Waals surface area contributed by atoms with Crippen molar-refractivity contribution in [1.82, 2.24) is 19.7 Å². The fourth-order valence-corrected chi connectivity index (χ4v) is 4.52. The van der Waals surface area contributed by atoms with Gasteiger partial charge in [0.25, 0.3) is 12.3 Å². The average molecular weight is 450 g/mol. The molecule has 10 heteroatoms. The van der Waals surface area contributed by atoms with Gasteiger partial charge in [0.1, 0.15) is 23.9 Å². The predicted molar refractivity (Wildman–Crippen MR) is 114 cm³/mol. The number of fused-ring (bicyclic) bond motifs is 1. The maximum Gasteiger partial charge on any atom is 0.263 e. The van der Waals surface area contributed by atoms with Crippen molar-refractivity contribution in [2.24, 2.45) is 5.92 Å². The Bertz CT molecular complexity index is 899. The minimum atomic E-state index is -2.50. The average Bonchev–Trinajstić information content (AvgIpc) is 3.28. The van der Waals surface area contributed by atoms with Crippen LogP contribution in [0, 0.1) is 5.92 Å². The molecule has 3 heterocycles. The number of likely N-dealkylation sites (tertiary alicyclic amines) is 1. The molecule has 1 aromatic carbocycles. The van der Waals surface area contributed by atoms with Gasteiger partial charge in [-0.1, -0.05) is 0 Å². The Balaban J connectivity index is 1.30. The van der Waals surface area contributed by atoms with E-state index in [9.17, 15) is 13.6 Å². The van der Waals surface area contributed by atoms with Crippen molar-refractivity contribution in [3.8, 4) is 11.5 Å². The zero-order valence-electron chi connectivity index (χ0n) is 18.3. The lowest BCUT2D eigenvalue weighted by Crippen LogP contribution is -2.48. The molecule has 1 saturated heterocycles. The third kappa shape index (κ3) is 4.78. The molecule has 1 amide bonds. The Morgan fingerprint density at radius 1 is 1.22 bits per heavy atom. The fourth-order valence-electron chi connectivity index (χ4n) is 4.52. The summed E-state index contributed by atoms with van der Waals surface area (Å²) in [5.74, 6) is 1.87. The van der Waals surface area contributed by atoms with Crippen LogP contribution in [0.3, 0.4) is 0 Å². The number of carbonyl (C=O) groups is 1. The lowest BCUT2D eigenvalue weighted by molar-refractivity contribution is -0.139. The molecule has 2 aliphatic heterocycles. The number of hydrogen-bond acceptors (Lipinski definition) is 6. The Labute approximate surface area is 185 Å². The van der Waals surface area contributed by atoms with Gasteiger partial charge in [-0.3, -0.25) is 4.79 Å². The van der Waals surface area contributed by atoms with Crippen molar-refractivity contribution in [1.29, 1.82) is 0 Å². The lowest BCUT2D eigenvalue weighted by Gasteiger charge is -2.40. The van der Waals surface area contributed by atoms with Crippen molar-refractivity contribution in [3.63, 3.8) is 0 Å². The highest BCUT2D eigenvalue weighted by atomic mass is 19.3. The monoisotopic (exact) mass is 449 g/mol. The van der Waals surface area contributed by atoms with Crippen LogP contribution in [0.5, 0.6) is 11.5 Å². The molecular weight excluding hydrogens is 420 g/mol. The number of carbonyl (C=O) groups excluding carboxylic acids is 1. The van der Waals surface area contributed by atoms with Gasteiger partial charge in [0, 0.05) is 19.1 Å². The zero-order chi connectivity index (χ0) is 22.7. The predicted octanol–water partition coefficient (Wildman–Crippen LogP) is 3.37. The highest BCUT2D eigenvalue weighted by molar-refractivity contribution is 5.81. The molecule has 0 aliphatic carbocycles. The summed E-state index contributed by atoms with van der Waals surface area (Å²) in [6.07, 6.45) is -0.0368. The van der Waals surface area contributed by atoms with Crippen LogP contribution in [0.2, 0.25) is 0 Å². The minimum Gasteiger partial charge on any atom is -0.494 e. The standard InChI is InChI=1S/C22H29F2N5O3/c1-3-31-16-4-6-17(7-5-16)32-14(2)21(30)28-10-8-15(9-11-28)18-12-19(20(23)24)29-22(27-18)25-13-26-29/h4-7,13-15,18-20H,3,8-12H2,1-2H3,(H,25,26,27)/t14?,18-,19+/m0/s1. The van der Waals surface area contributed by atoms with Gasteiger partial charge in [0.2, 0.25) is 5.95 Å². The molecule has 1 unspecified atom stereocenters. The second-order valence-corrected chi connectivity index (χ2v) is 8.24. The summed E-state index contributed by atoms with van der Waals surface area (Å²) in [5, 5.41) is 7.19. The topological polar surface area (TPSA) is 81.5 Å². The van der Waals surface area contributed by atoms with E-state index in [1.807, 2.05) is 19.1 Å². The molecule has 1 aromatic heterocycles. The van der Waals surface area contributed by atoms with Crippen molar-refractivity contribution < 1.29 is 23.0 Å². The second kappa shape index (κ2) is 9.70. The summed E-state index contributed by atoms with van der Waals surface area (Å²) >= 11 is 0. The van der Waals surface area contributed by atoms with Crippen LogP contribution in [-0.4, -0.2) is 63.8 Å². The Hall–Kier alpha value is -2.91. The Morgan fingerprint density at radius 2 is 1.91 bits per heavy atom. The number of ether oxygens (including phenoxy) is 2. The number of nitrogens with zero attached hydrogens (tertiary/aromatic N) is 4. The molecule has 0 bridgehead atoms. The van der Waals surface area contributed by atoms with Gasteiger partial charge >= 0.3 is 0 Å². The summed E-state index contributed by atoms with van der Waals surface area (Å²) < 4.78 is 39.6. The van der Waals surface area contributed by atoms with E-state index in [1.165, 1.54) is 11.0 Å². The molecule has 1 N–H and O–H groups in total. The molecule has 4 rings (SSSR count). The fraction of sp³-hybridized carbons (Fsp3) is 0.591. The normalized spacial score (nSPS) is 22.2. The highest BCUT2D eigenvalue weighted by Gasteiger charge is 2.39. The smallest absolute Gasteiger partial charge is 0.263 e. The van der Waals surface area contributed by atoms with E-state index in [4.69, 9.17) is 9.47 Å². The Kier molecular flexibility index (Phi) is 6.76. The first-order valence-corrected chi connectivity index (χ1v) is 11.1. The van der Waals surface area contributed by atoms with Crippen LogP contribution in [0.1, 0.15) is 39.2 Å². The summed E-state index contributed by atoms with van der Waals surface area (Å²) in [7, 11) is 0. The summed E-state index contributed by atoms with van der Waals surface area (Å²) in [6.45, 7) is 5.40. The molecule has 1 fully saturated rings. The van der Waals surface area contributed by atoms with Crippen molar-refractivity contribution in [2.75, 3.05) is 25.0 Å². The highest BCUT2D eigenvalue weighted by Crippen LogP contribution is 2.35. The number of rotatable bonds is 7. The molecule has 3 atom stereocenters. The van der Waals surface area contributed by atoms with E-state index in [0.717, 1.165) is 18.6 Å². The zero-order valence-corrected chi connectivity index (χ0v) is 18.3. The van der Waals surface area contributed by atoms with Gasteiger partial charge in [0.15, 0.2) is 6.10 Å². The molecule has 0 radical (unpaired) electrons. The maximum atomic E-state index is 13.5. The van der Waals surface area contributed by atoms with E-state index < -0.39 is 18.6 Å². The molecule has 0 saturated carbocycles. The first-order valence-electron chi connectivity index (χ1n) is 11.1. The molecule has 8 nitrogen and oxygen atoms in total. The second-order valence-electron chi connectivity index (χ2n) is 8.24. The molecule has 32 heavy (non-hydrogen) atoms. The molecular formula is C22H29F2N5O3. The summed E-state index contributed by atoms with van der Waals surface area (Å²) in [6, 6.07) is 6.11. The van der Waals surface area contributed by atoms with Gasteiger partial charge in [-0.15, -0.1) is 0 Å². The summed E-state index contributed by atoms with van der Waals surface area (Å²) in [5.41, 5.74) is 0. The van der Waals surface area contributed by atoms with Gasteiger partial charge in [0.05, 0.1) is 6.61 Å². The molecule has 2 aliphatic rings. The van der Waals surface area contributed by atoms with Crippen molar-refractivity contribution in [2.45, 2.75) is 57.7 Å². The van der Waals surface area contributed by atoms with Crippen LogP contribution < -0.4 is 14.8 Å². The number of alkyl halides is 2. The molecule has 174 valence electrons. The third-order valence-corrected chi connectivity index (χ3v) is 6.20. The van der Waals surface area contributed by atoms with Crippen molar-refractivity contribution in [3.05, 3.63) is 30.6 Å². The largest absolute Gasteiger partial charge is 0.494 e. The number of halogens is 2. The van der Waals surface area contributed by atoms with Gasteiger partial charge in [-0.2, -0.15) is 10.1 Å². The van der Waals surface area contributed by atoms with E-state index >= 15 is 0 Å². The van der Waals surface area contributed by atoms with Gasteiger partial charge in [-0.05, 0) is 63.3 Å². The van der Waals surface area contributed by atoms with Crippen LogP contribution >= 0.6 is 0 Å². The quantitative estimate of drug-likeness (QED) is 0.698. The summed E-state index contributed by atoms with van der Waals surface area (Å²) in [4.78, 5) is 18.7.